The maximum absolute atomic E-state index is 13.3. The second-order valence-corrected chi connectivity index (χ2v) is 8.15. The van der Waals surface area contributed by atoms with Crippen LogP contribution in [0.5, 0.6) is 0 Å². The van der Waals surface area contributed by atoms with Gasteiger partial charge in [-0.2, -0.15) is 0 Å². The third-order valence-electron chi connectivity index (χ3n) is 6.66. The summed E-state index contributed by atoms with van der Waals surface area (Å²) in [6, 6.07) is 9.60. The van der Waals surface area contributed by atoms with Gasteiger partial charge in [-0.05, 0) is 50.3 Å². The molecule has 2 atom stereocenters. The Balaban J connectivity index is 0.00000210. The van der Waals surface area contributed by atoms with Gasteiger partial charge in [0.1, 0.15) is 0 Å². The normalized spacial score (nSPS) is 28.1. The van der Waals surface area contributed by atoms with Gasteiger partial charge < -0.3 is 15.5 Å². The highest BCUT2D eigenvalue weighted by Gasteiger charge is 2.51. The van der Waals surface area contributed by atoms with Crippen molar-refractivity contribution >= 4 is 29.9 Å². The number of hydrogen-bond donors (Lipinski definition) is 2. The lowest BCUT2D eigenvalue weighted by Crippen LogP contribution is -2.52. The molecule has 0 spiro atoms. The number of para-hydroxylation sites is 1. The first-order valence-corrected chi connectivity index (χ1v) is 10.0. The van der Waals surface area contributed by atoms with Crippen molar-refractivity contribution in [2.24, 2.45) is 17.3 Å². The number of anilines is 1. The molecule has 6 heteroatoms. The maximum Gasteiger partial charge on any atom is 0.230 e. The largest absolute Gasteiger partial charge is 0.342 e. The summed E-state index contributed by atoms with van der Waals surface area (Å²) in [5.41, 5.74) is 0.675. The van der Waals surface area contributed by atoms with E-state index in [0.717, 1.165) is 38.0 Å². The molecule has 3 fully saturated rings. The molecule has 2 amide bonds. The zero-order valence-electron chi connectivity index (χ0n) is 15.8. The molecule has 2 aliphatic heterocycles. The lowest BCUT2D eigenvalue weighted by atomic mass is 9.67. The number of amides is 2. The summed E-state index contributed by atoms with van der Waals surface area (Å²) < 4.78 is 0. The maximum atomic E-state index is 13.3. The SMILES string of the molecule is Cl.O=C(Nc1ccccc1)C1CCN(C(=O)[C@@]23CCCC[C@H]2CNC3)CC1. The van der Waals surface area contributed by atoms with E-state index in [0.29, 0.717) is 24.9 Å². The number of carbonyl (C=O) groups excluding carboxylic acids is 2. The summed E-state index contributed by atoms with van der Waals surface area (Å²) in [6.07, 6.45) is 6.15. The van der Waals surface area contributed by atoms with Crippen molar-refractivity contribution in [3.8, 4) is 0 Å². The Hall–Kier alpha value is -1.59. The number of halogens is 1. The van der Waals surface area contributed by atoms with Crippen molar-refractivity contribution in [3.63, 3.8) is 0 Å². The molecule has 1 saturated carbocycles. The summed E-state index contributed by atoms with van der Waals surface area (Å²) in [6.45, 7) is 3.24. The van der Waals surface area contributed by atoms with Crippen LogP contribution in [-0.4, -0.2) is 42.9 Å². The Kier molecular flexibility index (Phi) is 6.43. The van der Waals surface area contributed by atoms with Gasteiger partial charge in [0.05, 0.1) is 5.41 Å². The van der Waals surface area contributed by atoms with Crippen LogP contribution in [0.1, 0.15) is 38.5 Å². The molecular formula is C21H30ClN3O2. The zero-order valence-corrected chi connectivity index (χ0v) is 16.6. The molecule has 1 aromatic carbocycles. The fourth-order valence-corrected chi connectivity index (χ4v) is 5.09. The molecule has 148 valence electrons. The molecule has 4 rings (SSSR count). The first-order chi connectivity index (χ1) is 12.7. The Morgan fingerprint density at radius 2 is 1.81 bits per heavy atom. The molecule has 1 aliphatic carbocycles. The van der Waals surface area contributed by atoms with Crippen LogP contribution in [0.3, 0.4) is 0 Å². The molecule has 2 saturated heterocycles. The first kappa shape index (κ1) is 20.2. The van der Waals surface area contributed by atoms with E-state index in [-0.39, 0.29) is 29.6 Å². The number of nitrogens with one attached hydrogen (secondary N) is 2. The quantitative estimate of drug-likeness (QED) is 0.832. The van der Waals surface area contributed by atoms with Crippen LogP contribution in [0.15, 0.2) is 30.3 Å². The Bertz CT molecular complexity index is 661. The summed E-state index contributed by atoms with van der Waals surface area (Å²) >= 11 is 0. The molecule has 0 unspecified atom stereocenters. The van der Waals surface area contributed by atoms with Gasteiger partial charge in [-0.1, -0.05) is 31.0 Å². The van der Waals surface area contributed by atoms with E-state index in [2.05, 4.69) is 10.6 Å². The van der Waals surface area contributed by atoms with Crippen LogP contribution in [0.2, 0.25) is 0 Å². The van der Waals surface area contributed by atoms with Crippen molar-refractivity contribution in [2.45, 2.75) is 38.5 Å². The van der Waals surface area contributed by atoms with E-state index < -0.39 is 0 Å². The van der Waals surface area contributed by atoms with Crippen LogP contribution in [0.4, 0.5) is 5.69 Å². The lowest BCUT2D eigenvalue weighted by molar-refractivity contribution is -0.147. The molecular weight excluding hydrogens is 362 g/mol. The minimum Gasteiger partial charge on any atom is -0.342 e. The van der Waals surface area contributed by atoms with Gasteiger partial charge in [-0.15, -0.1) is 12.4 Å². The van der Waals surface area contributed by atoms with E-state index in [1.165, 1.54) is 19.3 Å². The number of rotatable bonds is 3. The number of benzene rings is 1. The van der Waals surface area contributed by atoms with Gasteiger partial charge in [-0.3, -0.25) is 9.59 Å². The number of likely N-dealkylation sites (tertiary alicyclic amines) is 1. The number of piperidine rings is 1. The van der Waals surface area contributed by atoms with E-state index >= 15 is 0 Å². The summed E-state index contributed by atoms with van der Waals surface area (Å²) in [5, 5.41) is 6.47. The summed E-state index contributed by atoms with van der Waals surface area (Å²) in [5.74, 6) is 0.928. The Labute approximate surface area is 167 Å². The summed E-state index contributed by atoms with van der Waals surface area (Å²) in [4.78, 5) is 27.9. The second kappa shape index (κ2) is 8.61. The third-order valence-corrected chi connectivity index (χ3v) is 6.66. The van der Waals surface area contributed by atoms with Crippen molar-refractivity contribution in [3.05, 3.63) is 30.3 Å². The predicted molar refractivity (Wildman–Crippen MR) is 109 cm³/mol. The first-order valence-electron chi connectivity index (χ1n) is 10.0. The average Bonchev–Trinajstić information content (AvgIpc) is 3.13. The Morgan fingerprint density at radius 1 is 1.07 bits per heavy atom. The average molecular weight is 392 g/mol. The van der Waals surface area contributed by atoms with Crippen molar-refractivity contribution < 1.29 is 9.59 Å². The van der Waals surface area contributed by atoms with Crippen molar-refractivity contribution in [2.75, 3.05) is 31.5 Å². The third kappa shape index (κ3) is 3.99. The molecule has 3 aliphatic rings. The summed E-state index contributed by atoms with van der Waals surface area (Å²) in [7, 11) is 0. The van der Waals surface area contributed by atoms with Crippen LogP contribution in [0.25, 0.3) is 0 Å². The lowest BCUT2D eigenvalue weighted by Gasteiger charge is -2.42. The van der Waals surface area contributed by atoms with Gasteiger partial charge in [-0.25, -0.2) is 0 Å². The van der Waals surface area contributed by atoms with Crippen LogP contribution < -0.4 is 10.6 Å². The van der Waals surface area contributed by atoms with Crippen LogP contribution in [0, 0.1) is 17.3 Å². The minimum atomic E-state index is -0.169. The van der Waals surface area contributed by atoms with Gasteiger partial charge >= 0.3 is 0 Å². The van der Waals surface area contributed by atoms with Gasteiger partial charge in [0.25, 0.3) is 0 Å². The molecule has 0 radical (unpaired) electrons. The van der Waals surface area contributed by atoms with E-state index in [1.807, 2.05) is 35.2 Å². The smallest absolute Gasteiger partial charge is 0.230 e. The molecule has 5 nitrogen and oxygen atoms in total. The van der Waals surface area contributed by atoms with Crippen LogP contribution >= 0.6 is 12.4 Å². The fraction of sp³-hybridized carbons (Fsp3) is 0.619. The molecule has 2 heterocycles. The van der Waals surface area contributed by atoms with E-state index in [4.69, 9.17) is 0 Å². The van der Waals surface area contributed by atoms with Gasteiger partial charge in [0, 0.05) is 31.2 Å². The van der Waals surface area contributed by atoms with E-state index in [9.17, 15) is 9.59 Å². The highest BCUT2D eigenvalue weighted by molar-refractivity contribution is 5.93. The second-order valence-electron chi connectivity index (χ2n) is 8.15. The number of carbonyl (C=O) groups is 2. The van der Waals surface area contributed by atoms with E-state index in [1.54, 1.807) is 0 Å². The number of hydrogen-bond acceptors (Lipinski definition) is 3. The molecule has 0 bridgehead atoms. The van der Waals surface area contributed by atoms with Gasteiger partial charge in [0.2, 0.25) is 11.8 Å². The molecule has 2 N–H and O–H groups in total. The minimum absolute atomic E-state index is 0. The standard InChI is InChI=1S/C21H29N3O2.ClH/c25-19(23-18-7-2-1-3-8-18)16-9-12-24(13-10-16)20(26)21-11-5-4-6-17(21)14-22-15-21;/h1-3,7-8,16-17,22H,4-6,9-15H2,(H,23,25);1H/t17-,21+;/m0./s1. The molecule has 0 aromatic heterocycles. The fourth-order valence-electron chi connectivity index (χ4n) is 5.09. The number of nitrogens with zero attached hydrogens (tertiary/aromatic N) is 1. The predicted octanol–water partition coefficient (Wildman–Crippen LogP) is 3.07. The van der Waals surface area contributed by atoms with Crippen molar-refractivity contribution in [1.82, 2.24) is 10.2 Å². The molecule has 27 heavy (non-hydrogen) atoms. The zero-order chi connectivity index (χ0) is 18.0. The van der Waals surface area contributed by atoms with Crippen LogP contribution in [-0.2, 0) is 9.59 Å². The number of fused-ring (bicyclic) bond motifs is 1. The highest BCUT2D eigenvalue weighted by Crippen LogP contribution is 2.45. The Morgan fingerprint density at radius 3 is 2.56 bits per heavy atom. The topological polar surface area (TPSA) is 61.4 Å². The van der Waals surface area contributed by atoms with Crippen molar-refractivity contribution in [1.29, 1.82) is 0 Å². The molecule has 1 aromatic rings. The van der Waals surface area contributed by atoms with Gasteiger partial charge in [0.15, 0.2) is 0 Å². The highest BCUT2D eigenvalue weighted by atomic mass is 35.5. The monoisotopic (exact) mass is 391 g/mol.